The van der Waals surface area contributed by atoms with Gasteiger partial charge in [-0.2, -0.15) is 4.40 Å². The van der Waals surface area contributed by atoms with Crippen molar-refractivity contribution < 1.29 is 4.21 Å². The second-order valence-electron chi connectivity index (χ2n) is 8.05. The molecule has 0 N–H and O–H groups in total. The standard InChI is InChI=1S/C20H33NOS/c1-15(2)12-18(14-21-23(22)20(5,6)7)13-17(4)19-10-8-16(3)9-11-19/h8-11,14-15,17-18H,12-13H2,1-7H3. The van der Waals surface area contributed by atoms with Gasteiger partial charge < -0.3 is 0 Å². The molecule has 130 valence electrons. The molecular formula is C20H33NOS. The number of aryl methyl sites for hydroxylation is 1. The quantitative estimate of drug-likeness (QED) is 0.589. The van der Waals surface area contributed by atoms with Crippen molar-refractivity contribution in [3.8, 4) is 0 Å². The normalized spacial score (nSPS) is 16.7. The highest BCUT2D eigenvalue weighted by Crippen LogP contribution is 2.27. The average Bonchev–Trinajstić information content (AvgIpc) is 2.43. The summed E-state index contributed by atoms with van der Waals surface area (Å²) in [7, 11) is -1.17. The van der Waals surface area contributed by atoms with Gasteiger partial charge in [0.25, 0.3) is 0 Å². The maximum Gasteiger partial charge on any atom is 0.144 e. The van der Waals surface area contributed by atoms with Gasteiger partial charge in [-0.05, 0) is 63.9 Å². The van der Waals surface area contributed by atoms with Gasteiger partial charge in [0.15, 0.2) is 0 Å². The van der Waals surface area contributed by atoms with Crippen LogP contribution >= 0.6 is 0 Å². The van der Waals surface area contributed by atoms with Crippen LogP contribution in [0.5, 0.6) is 0 Å². The van der Waals surface area contributed by atoms with E-state index < -0.39 is 11.0 Å². The van der Waals surface area contributed by atoms with Gasteiger partial charge in [0.2, 0.25) is 0 Å². The monoisotopic (exact) mass is 335 g/mol. The molecule has 0 radical (unpaired) electrons. The van der Waals surface area contributed by atoms with Crippen molar-refractivity contribution >= 4 is 17.2 Å². The Balaban J connectivity index is 2.79. The minimum absolute atomic E-state index is 0.290. The molecule has 0 aliphatic rings. The lowest BCUT2D eigenvalue weighted by Gasteiger charge is -2.20. The van der Waals surface area contributed by atoms with Crippen molar-refractivity contribution in [3.63, 3.8) is 0 Å². The zero-order chi connectivity index (χ0) is 17.6. The number of benzene rings is 1. The summed E-state index contributed by atoms with van der Waals surface area (Å²) in [6.45, 7) is 14.7. The molecule has 0 amide bonds. The number of nitrogens with zero attached hydrogens (tertiary/aromatic N) is 1. The summed E-state index contributed by atoms with van der Waals surface area (Å²) < 4.78 is 16.2. The fourth-order valence-electron chi connectivity index (χ4n) is 2.61. The van der Waals surface area contributed by atoms with E-state index in [1.54, 1.807) is 0 Å². The van der Waals surface area contributed by atoms with Crippen molar-refractivity contribution in [1.82, 2.24) is 0 Å². The lowest BCUT2D eigenvalue weighted by atomic mass is 9.86. The second-order valence-corrected chi connectivity index (χ2v) is 9.99. The molecule has 0 saturated heterocycles. The van der Waals surface area contributed by atoms with Crippen LogP contribution in [0.1, 0.15) is 71.4 Å². The van der Waals surface area contributed by atoms with Crippen molar-refractivity contribution in [2.45, 2.75) is 72.0 Å². The molecule has 1 rings (SSSR count). The van der Waals surface area contributed by atoms with E-state index in [4.69, 9.17) is 0 Å². The molecule has 0 bridgehead atoms. The second kappa shape index (κ2) is 8.77. The molecule has 0 aliphatic heterocycles. The Morgan fingerprint density at radius 3 is 2.13 bits per heavy atom. The smallest absolute Gasteiger partial charge is 0.144 e. The summed E-state index contributed by atoms with van der Waals surface area (Å²) in [4.78, 5) is 0. The molecule has 23 heavy (non-hydrogen) atoms. The van der Waals surface area contributed by atoms with Crippen molar-refractivity contribution in [2.75, 3.05) is 0 Å². The molecule has 1 aromatic carbocycles. The first-order chi connectivity index (χ1) is 10.6. The highest BCUT2D eigenvalue weighted by molar-refractivity contribution is 7.85. The first-order valence-corrected chi connectivity index (χ1v) is 9.73. The maximum absolute atomic E-state index is 12.2. The predicted octanol–water partition coefficient (Wildman–Crippen LogP) is 5.68. The van der Waals surface area contributed by atoms with E-state index in [2.05, 4.69) is 56.4 Å². The Morgan fingerprint density at radius 2 is 1.65 bits per heavy atom. The largest absolute Gasteiger partial charge is 0.234 e. The highest BCUT2D eigenvalue weighted by Gasteiger charge is 2.20. The van der Waals surface area contributed by atoms with Crippen molar-refractivity contribution in [2.24, 2.45) is 16.2 Å². The average molecular weight is 336 g/mol. The third kappa shape index (κ3) is 7.43. The number of rotatable bonds is 7. The molecule has 0 spiro atoms. The molecule has 0 heterocycles. The van der Waals surface area contributed by atoms with Gasteiger partial charge in [-0.15, -0.1) is 0 Å². The molecule has 0 saturated carbocycles. The van der Waals surface area contributed by atoms with Crippen molar-refractivity contribution in [3.05, 3.63) is 35.4 Å². The first kappa shape index (κ1) is 20.1. The highest BCUT2D eigenvalue weighted by atomic mass is 32.2. The molecule has 0 aromatic heterocycles. The van der Waals surface area contributed by atoms with E-state index in [1.807, 2.05) is 27.0 Å². The van der Waals surface area contributed by atoms with E-state index in [0.717, 1.165) is 12.8 Å². The van der Waals surface area contributed by atoms with Gasteiger partial charge in [0.05, 0.1) is 4.75 Å². The summed E-state index contributed by atoms with van der Waals surface area (Å²) in [5, 5.41) is 0. The van der Waals surface area contributed by atoms with Gasteiger partial charge in [0.1, 0.15) is 11.0 Å². The van der Waals surface area contributed by atoms with Crippen LogP contribution in [0.15, 0.2) is 28.7 Å². The topological polar surface area (TPSA) is 29.4 Å². The molecule has 0 aliphatic carbocycles. The Labute approximate surface area is 145 Å². The number of hydrogen-bond acceptors (Lipinski definition) is 1. The fraction of sp³-hybridized carbons (Fsp3) is 0.650. The van der Waals surface area contributed by atoms with Crippen LogP contribution < -0.4 is 0 Å². The summed E-state index contributed by atoms with van der Waals surface area (Å²) in [6, 6.07) is 8.78. The third-order valence-corrected chi connectivity index (χ3v) is 5.33. The van der Waals surface area contributed by atoms with Crippen LogP contribution in [0.25, 0.3) is 0 Å². The Kier molecular flexibility index (Phi) is 7.66. The molecule has 3 unspecified atom stereocenters. The molecule has 3 atom stereocenters. The first-order valence-electron chi connectivity index (χ1n) is 8.62. The van der Waals surface area contributed by atoms with E-state index in [9.17, 15) is 4.21 Å². The van der Waals surface area contributed by atoms with Crippen molar-refractivity contribution in [1.29, 1.82) is 0 Å². The summed E-state index contributed by atoms with van der Waals surface area (Å²) in [5.41, 5.74) is 2.66. The summed E-state index contributed by atoms with van der Waals surface area (Å²) in [6.07, 6.45) is 4.08. The fourth-order valence-corrected chi connectivity index (χ4v) is 3.21. The van der Waals surface area contributed by atoms with Gasteiger partial charge in [-0.25, -0.2) is 4.21 Å². The molecule has 0 fully saturated rings. The Morgan fingerprint density at radius 1 is 1.09 bits per heavy atom. The zero-order valence-electron chi connectivity index (χ0n) is 15.8. The van der Waals surface area contributed by atoms with Crippen LogP contribution in [0.2, 0.25) is 0 Å². The lowest BCUT2D eigenvalue weighted by Crippen LogP contribution is -2.20. The third-order valence-electron chi connectivity index (χ3n) is 3.97. The van der Waals surface area contributed by atoms with Gasteiger partial charge in [-0.1, -0.05) is 50.6 Å². The molecule has 2 nitrogen and oxygen atoms in total. The van der Waals surface area contributed by atoms with E-state index in [1.165, 1.54) is 11.1 Å². The Bertz CT molecular complexity index is 526. The van der Waals surface area contributed by atoms with Crippen LogP contribution in [0.3, 0.4) is 0 Å². The summed E-state index contributed by atoms with van der Waals surface area (Å²) >= 11 is 0. The van der Waals surface area contributed by atoms with Gasteiger partial charge >= 0.3 is 0 Å². The molecular weight excluding hydrogens is 302 g/mol. The SMILES string of the molecule is Cc1ccc(C(C)CC(C=NS(=O)C(C)(C)C)CC(C)C)cc1. The minimum atomic E-state index is -1.17. The molecule has 3 heteroatoms. The van der Waals surface area contributed by atoms with Gasteiger partial charge in [-0.3, -0.25) is 0 Å². The summed E-state index contributed by atoms with van der Waals surface area (Å²) in [5.74, 6) is 1.46. The van der Waals surface area contributed by atoms with Gasteiger partial charge in [0, 0.05) is 6.21 Å². The zero-order valence-corrected chi connectivity index (χ0v) is 16.6. The van der Waals surface area contributed by atoms with E-state index >= 15 is 0 Å². The maximum atomic E-state index is 12.2. The number of hydrogen-bond donors (Lipinski definition) is 0. The molecule has 1 aromatic rings. The predicted molar refractivity (Wildman–Crippen MR) is 104 cm³/mol. The van der Waals surface area contributed by atoms with E-state index in [-0.39, 0.29) is 4.75 Å². The lowest BCUT2D eigenvalue weighted by molar-refractivity contribution is 0.453. The van der Waals surface area contributed by atoms with Crippen LogP contribution in [-0.2, 0) is 11.0 Å². The van der Waals surface area contributed by atoms with Crippen LogP contribution in [-0.4, -0.2) is 15.2 Å². The van der Waals surface area contributed by atoms with E-state index in [0.29, 0.717) is 17.8 Å². The Hall–Kier alpha value is -0.960. The van der Waals surface area contributed by atoms with Crippen LogP contribution in [0, 0.1) is 18.8 Å². The van der Waals surface area contributed by atoms with Crippen LogP contribution in [0.4, 0.5) is 0 Å². The minimum Gasteiger partial charge on any atom is -0.234 e.